The Balaban J connectivity index is 1.68. The fourth-order valence-electron chi connectivity index (χ4n) is 3.16. The first-order chi connectivity index (χ1) is 14.5. The molecule has 3 rings (SSSR count). The van der Waals surface area contributed by atoms with Crippen molar-refractivity contribution in [2.24, 2.45) is 0 Å². The highest BCUT2D eigenvalue weighted by Crippen LogP contribution is 2.19. The van der Waals surface area contributed by atoms with Crippen LogP contribution in [0.4, 0.5) is 5.69 Å². The predicted molar refractivity (Wildman–Crippen MR) is 118 cm³/mol. The first kappa shape index (κ1) is 21.7. The maximum atomic E-state index is 12.6. The van der Waals surface area contributed by atoms with Crippen LogP contribution < -0.4 is 10.0 Å². The molecule has 158 valence electrons. The molecule has 0 radical (unpaired) electrons. The lowest BCUT2D eigenvalue weighted by Crippen LogP contribution is -2.31. The number of amides is 1. The van der Waals surface area contributed by atoms with Gasteiger partial charge in [0.1, 0.15) is 5.82 Å². The molecule has 0 bridgehead atoms. The largest absolute Gasteiger partial charge is 0.346 e. The van der Waals surface area contributed by atoms with E-state index in [0.29, 0.717) is 24.9 Å². The first-order valence-corrected chi connectivity index (χ1v) is 11.0. The van der Waals surface area contributed by atoms with Gasteiger partial charge in [-0.1, -0.05) is 49.4 Å². The number of nitrogens with one attached hydrogen (secondary N) is 3. The zero-order chi connectivity index (χ0) is 21.3. The fourth-order valence-corrected chi connectivity index (χ4v) is 3.50. The quantitative estimate of drug-likeness (QED) is 0.372. The van der Waals surface area contributed by atoms with E-state index < -0.39 is 11.3 Å². The summed E-state index contributed by atoms with van der Waals surface area (Å²) in [6.45, 7) is 2.04. The number of hydrogen-bond acceptors (Lipinski definition) is 3. The number of aromatic nitrogens is 2. The Labute approximate surface area is 178 Å². The monoisotopic (exact) mass is 426 g/mol. The Morgan fingerprint density at radius 1 is 1.13 bits per heavy atom. The van der Waals surface area contributed by atoms with Gasteiger partial charge in [0, 0.05) is 24.0 Å². The molecule has 2 atom stereocenters. The smallest absolute Gasteiger partial charge is 0.259 e. The summed E-state index contributed by atoms with van der Waals surface area (Å²) in [6.07, 6.45) is 4.25. The minimum Gasteiger partial charge on any atom is -0.346 e. The van der Waals surface area contributed by atoms with E-state index in [-0.39, 0.29) is 11.9 Å². The van der Waals surface area contributed by atoms with Crippen molar-refractivity contribution in [2.45, 2.75) is 38.6 Å². The summed E-state index contributed by atoms with van der Waals surface area (Å²) in [5.41, 5.74) is 3.67. The topological polar surface area (TPSA) is 107 Å². The zero-order valence-corrected chi connectivity index (χ0v) is 17.6. The number of rotatable bonds is 10. The molecular weight excluding hydrogens is 400 g/mol. The van der Waals surface area contributed by atoms with Crippen LogP contribution in [0.1, 0.15) is 42.0 Å². The summed E-state index contributed by atoms with van der Waals surface area (Å²) in [4.78, 5) is 20.4. The third kappa shape index (κ3) is 6.53. The van der Waals surface area contributed by atoms with Crippen molar-refractivity contribution in [1.29, 1.82) is 0 Å². The van der Waals surface area contributed by atoms with Crippen LogP contribution in [-0.4, -0.2) is 24.6 Å². The Kier molecular flexibility index (Phi) is 7.75. The Hall–Kier alpha value is -2.97. The lowest BCUT2D eigenvalue weighted by atomic mass is 10.0. The third-order valence-electron chi connectivity index (χ3n) is 4.78. The van der Waals surface area contributed by atoms with Crippen LogP contribution >= 0.6 is 0 Å². The van der Waals surface area contributed by atoms with Crippen molar-refractivity contribution in [3.63, 3.8) is 0 Å². The van der Waals surface area contributed by atoms with E-state index in [9.17, 15) is 9.00 Å². The second-order valence-electron chi connectivity index (χ2n) is 7.01. The number of carbonyl (C=O) groups is 1. The van der Waals surface area contributed by atoms with Crippen molar-refractivity contribution < 1.29 is 13.6 Å². The molecule has 0 saturated heterocycles. The van der Waals surface area contributed by atoms with Crippen LogP contribution in [0, 0.1) is 0 Å². The van der Waals surface area contributed by atoms with Crippen molar-refractivity contribution in [1.82, 2.24) is 15.3 Å². The van der Waals surface area contributed by atoms with E-state index in [4.69, 9.17) is 4.55 Å². The summed E-state index contributed by atoms with van der Waals surface area (Å²) < 4.78 is 22.2. The van der Waals surface area contributed by atoms with E-state index in [1.54, 1.807) is 18.3 Å². The van der Waals surface area contributed by atoms with Gasteiger partial charge in [-0.05, 0) is 42.5 Å². The van der Waals surface area contributed by atoms with E-state index in [0.717, 1.165) is 29.1 Å². The van der Waals surface area contributed by atoms with Gasteiger partial charge in [-0.3, -0.25) is 14.1 Å². The van der Waals surface area contributed by atoms with Crippen molar-refractivity contribution in [3.05, 3.63) is 83.4 Å². The molecule has 0 fully saturated rings. The highest BCUT2D eigenvalue weighted by atomic mass is 32.2. The van der Waals surface area contributed by atoms with Crippen molar-refractivity contribution in [2.75, 3.05) is 4.72 Å². The number of H-pyrrole nitrogens is 1. The molecule has 2 aromatic carbocycles. The minimum absolute atomic E-state index is 0.0349. The maximum Gasteiger partial charge on any atom is 0.259 e. The molecule has 4 N–H and O–H groups in total. The first-order valence-electron chi connectivity index (χ1n) is 9.87. The Bertz CT molecular complexity index is 974. The summed E-state index contributed by atoms with van der Waals surface area (Å²) >= 11 is -2.11. The maximum absolute atomic E-state index is 12.6. The van der Waals surface area contributed by atoms with E-state index in [1.807, 2.05) is 49.4 Å². The third-order valence-corrected chi connectivity index (χ3v) is 5.19. The van der Waals surface area contributed by atoms with Gasteiger partial charge in [0.05, 0.1) is 6.04 Å². The molecule has 0 aliphatic rings. The van der Waals surface area contributed by atoms with Crippen LogP contribution in [0.3, 0.4) is 0 Å². The van der Waals surface area contributed by atoms with Gasteiger partial charge in [0.2, 0.25) is 5.91 Å². The second-order valence-corrected chi connectivity index (χ2v) is 7.71. The van der Waals surface area contributed by atoms with Crippen LogP contribution in [0.5, 0.6) is 0 Å². The molecule has 1 aromatic heterocycles. The zero-order valence-electron chi connectivity index (χ0n) is 16.8. The number of benzene rings is 2. The highest BCUT2D eigenvalue weighted by molar-refractivity contribution is 7.80. The van der Waals surface area contributed by atoms with Crippen LogP contribution in [0.15, 0.2) is 60.8 Å². The molecule has 0 aliphatic heterocycles. The molecule has 1 amide bonds. The van der Waals surface area contributed by atoms with E-state index >= 15 is 0 Å². The van der Waals surface area contributed by atoms with E-state index in [1.165, 1.54) is 0 Å². The average Bonchev–Trinajstić information content (AvgIpc) is 3.23. The lowest BCUT2D eigenvalue weighted by molar-refractivity contribution is -0.121. The standard InChI is InChI=1S/C22H26N4O3S/c1-2-18-15-23-22(24-18)20(14-17-8-11-19(12-9-17)26-30(28)29)25-21(27)13-10-16-6-4-3-5-7-16/h3-9,11-12,15,20,26H,2,10,13-14H2,1H3,(H,23,24)(H,25,27)(H,28,29)/t20-/m0/s1. The molecule has 0 saturated carbocycles. The van der Waals surface area contributed by atoms with Gasteiger partial charge in [-0.15, -0.1) is 0 Å². The molecule has 7 nitrogen and oxygen atoms in total. The minimum atomic E-state index is -2.11. The fraction of sp³-hybridized carbons (Fsp3) is 0.273. The summed E-state index contributed by atoms with van der Waals surface area (Å²) in [5, 5.41) is 3.10. The molecule has 3 aromatic rings. The number of aryl methyl sites for hydroxylation is 2. The van der Waals surface area contributed by atoms with Crippen LogP contribution in [-0.2, 0) is 35.3 Å². The SMILES string of the molecule is CCc1cnc([C@H](Cc2ccc(NS(=O)O)cc2)NC(=O)CCc2ccccc2)[nH]1. The van der Waals surface area contributed by atoms with Gasteiger partial charge in [-0.2, -0.15) is 0 Å². The summed E-state index contributed by atoms with van der Waals surface area (Å²) in [6, 6.07) is 16.8. The van der Waals surface area contributed by atoms with Crippen LogP contribution in [0.25, 0.3) is 0 Å². The highest BCUT2D eigenvalue weighted by Gasteiger charge is 2.18. The molecule has 1 heterocycles. The van der Waals surface area contributed by atoms with Gasteiger partial charge in [0.25, 0.3) is 11.3 Å². The lowest BCUT2D eigenvalue weighted by Gasteiger charge is -2.17. The van der Waals surface area contributed by atoms with Crippen molar-refractivity contribution in [3.8, 4) is 0 Å². The molecule has 0 aliphatic carbocycles. The molecule has 30 heavy (non-hydrogen) atoms. The predicted octanol–water partition coefficient (Wildman–Crippen LogP) is 3.55. The number of anilines is 1. The number of hydrogen-bond donors (Lipinski definition) is 4. The van der Waals surface area contributed by atoms with Gasteiger partial charge < -0.3 is 10.3 Å². The normalized spacial score (nSPS) is 12.9. The van der Waals surface area contributed by atoms with Gasteiger partial charge in [-0.25, -0.2) is 9.19 Å². The Morgan fingerprint density at radius 2 is 1.87 bits per heavy atom. The van der Waals surface area contributed by atoms with Gasteiger partial charge in [0.15, 0.2) is 0 Å². The number of nitrogens with zero attached hydrogens (tertiary/aromatic N) is 1. The molecule has 0 spiro atoms. The number of aromatic amines is 1. The second kappa shape index (κ2) is 10.7. The van der Waals surface area contributed by atoms with Crippen molar-refractivity contribution >= 4 is 22.9 Å². The number of imidazole rings is 1. The van der Waals surface area contributed by atoms with Gasteiger partial charge >= 0.3 is 0 Å². The summed E-state index contributed by atoms with van der Waals surface area (Å²) in [7, 11) is 0. The summed E-state index contributed by atoms with van der Waals surface area (Å²) in [5.74, 6) is 0.686. The van der Waals surface area contributed by atoms with Crippen LogP contribution in [0.2, 0.25) is 0 Å². The van der Waals surface area contributed by atoms with E-state index in [2.05, 4.69) is 20.0 Å². The molecule has 1 unspecified atom stereocenters. The Morgan fingerprint density at radius 3 is 2.50 bits per heavy atom. The molecular formula is C22H26N4O3S. The molecule has 8 heteroatoms. The number of carbonyl (C=O) groups excluding carboxylic acids is 1. The average molecular weight is 427 g/mol.